The van der Waals surface area contributed by atoms with E-state index in [1.807, 2.05) is 25.1 Å². The van der Waals surface area contributed by atoms with Crippen LogP contribution in [-0.4, -0.2) is 24.7 Å². The molecule has 3 rings (SSSR count). The van der Waals surface area contributed by atoms with Crippen molar-refractivity contribution in [2.75, 3.05) is 6.61 Å². The second kappa shape index (κ2) is 10.6. The van der Waals surface area contributed by atoms with Crippen LogP contribution in [0.2, 0.25) is 10.0 Å². The minimum atomic E-state index is -0.614. The lowest BCUT2D eigenvalue weighted by molar-refractivity contribution is -0.123. The highest BCUT2D eigenvalue weighted by molar-refractivity contribution is 6.36. The van der Waals surface area contributed by atoms with Crippen LogP contribution in [0.1, 0.15) is 21.5 Å². The Morgan fingerprint density at radius 2 is 1.77 bits per heavy atom. The third-order valence-corrected chi connectivity index (χ3v) is 4.53. The first-order valence-corrected chi connectivity index (χ1v) is 9.95. The van der Waals surface area contributed by atoms with Crippen molar-refractivity contribution in [2.24, 2.45) is 5.10 Å². The molecular weight excluding hydrogens is 439 g/mol. The van der Waals surface area contributed by atoms with Gasteiger partial charge in [0, 0.05) is 5.02 Å². The van der Waals surface area contributed by atoms with Crippen LogP contribution in [0.15, 0.2) is 71.8 Å². The number of esters is 1. The molecule has 0 aliphatic heterocycles. The van der Waals surface area contributed by atoms with Gasteiger partial charge in [0.1, 0.15) is 11.5 Å². The van der Waals surface area contributed by atoms with Gasteiger partial charge in [-0.05, 0) is 60.5 Å². The number of hydrogen-bond donors (Lipinski definition) is 1. The maximum absolute atomic E-state index is 12.3. The second-order valence-corrected chi connectivity index (χ2v) is 7.33. The van der Waals surface area contributed by atoms with Crippen LogP contribution in [0.5, 0.6) is 11.5 Å². The summed E-state index contributed by atoms with van der Waals surface area (Å²) in [6.07, 6.45) is 1.43. The number of rotatable bonds is 7. The standard InChI is InChI=1S/C23H18Cl2N2O4/c1-15-4-2-6-18(10-15)30-14-22(28)27-26-13-16-5-3-7-19(11-16)31-23(29)20-9-8-17(24)12-21(20)25/h2-13H,14H2,1H3,(H,27,28)/b26-13-. The van der Waals surface area contributed by atoms with E-state index >= 15 is 0 Å². The highest BCUT2D eigenvalue weighted by atomic mass is 35.5. The molecule has 1 amide bonds. The van der Waals surface area contributed by atoms with Crippen LogP contribution >= 0.6 is 23.2 Å². The first-order chi connectivity index (χ1) is 14.9. The third kappa shape index (κ3) is 6.84. The van der Waals surface area contributed by atoms with E-state index < -0.39 is 11.9 Å². The summed E-state index contributed by atoms with van der Waals surface area (Å²) < 4.78 is 10.8. The summed E-state index contributed by atoms with van der Waals surface area (Å²) in [6, 6.07) is 18.6. The lowest BCUT2D eigenvalue weighted by Gasteiger charge is -2.07. The second-order valence-electron chi connectivity index (χ2n) is 6.48. The summed E-state index contributed by atoms with van der Waals surface area (Å²) in [6.45, 7) is 1.77. The smallest absolute Gasteiger partial charge is 0.345 e. The van der Waals surface area contributed by atoms with E-state index in [1.165, 1.54) is 18.3 Å². The number of carbonyl (C=O) groups is 2. The number of benzene rings is 3. The third-order valence-electron chi connectivity index (χ3n) is 3.98. The number of aryl methyl sites for hydroxylation is 1. The SMILES string of the molecule is Cc1cccc(OCC(=O)N/N=C\c2cccc(OC(=O)c3ccc(Cl)cc3Cl)c2)c1. The first kappa shape index (κ1) is 22.3. The summed E-state index contributed by atoms with van der Waals surface area (Å²) >= 11 is 11.9. The summed E-state index contributed by atoms with van der Waals surface area (Å²) in [7, 11) is 0. The molecule has 158 valence electrons. The van der Waals surface area contributed by atoms with E-state index in [0.29, 0.717) is 22.1 Å². The van der Waals surface area contributed by atoms with Gasteiger partial charge < -0.3 is 9.47 Å². The largest absolute Gasteiger partial charge is 0.484 e. The molecule has 0 atom stereocenters. The van der Waals surface area contributed by atoms with Crippen molar-refractivity contribution >= 4 is 41.3 Å². The van der Waals surface area contributed by atoms with Crippen LogP contribution in [-0.2, 0) is 4.79 Å². The molecule has 31 heavy (non-hydrogen) atoms. The van der Waals surface area contributed by atoms with Crippen molar-refractivity contribution in [3.8, 4) is 11.5 Å². The Hall–Kier alpha value is -3.35. The molecule has 3 aromatic rings. The predicted molar refractivity (Wildman–Crippen MR) is 120 cm³/mol. The van der Waals surface area contributed by atoms with Crippen molar-refractivity contribution in [1.82, 2.24) is 5.43 Å². The summed E-state index contributed by atoms with van der Waals surface area (Å²) in [5, 5.41) is 4.51. The van der Waals surface area contributed by atoms with E-state index in [1.54, 1.807) is 36.4 Å². The number of hydrogen-bond acceptors (Lipinski definition) is 5. The van der Waals surface area contributed by atoms with Gasteiger partial charge in [-0.15, -0.1) is 0 Å². The fourth-order valence-corrected chi connectivity index (χ4v) is 3.03. The van der Waals surface area contributed by atoms with E-state index in [-0.39, 0.29) is 17.2 Å². The maximum Gasteiger partial charge on any atom is 0.345 e. The van der Waals surface area contributed by atoms with Gasteiger partial charge in [-0.2, -0.15) is 5.10 Å². The monoisotopic (exact) mass is 456 g/mol. The Balaban J connectivity index is 1.54. The van der Waals surface area contributed by atoms with Crippen molar-refractivity contribution in [2.45, 2.75) is 6.92 Å². The van der Waals surface area contributed by atoms with Crippen LogP contribution in [0.25, 0.3) is 0 Å². The van der Waals surface area contributed by atoms with Gasteiger partial charge in [0.2, 0.25) is 0 Å². The molecule has 0 spiro atoms. The quantitative estimate of drug-likeness (QED) is 0.233. The van der Waals surface area contributed by atoms with Gasteiger partial charge in [-0.3, -0.25) is 4.79 Å². The number of halogens is 2. The van der Waals surface area contributed by atoms with E-state index in [4.69, 9.17) is 32.7 Å². The maximum atomic E-state index is 12.3. The van der Waals surface area contributed by atoms with Gasteiger partial charge >= 0.3 is 5.97 Å². The predicted octanol–water partition coefficient (Wildman–Crippen LogP) is 5.05. The fraction of sp³-hybridized carbons (Fsp3) is 0.0870. The molecule has 6 nitrogen and oxygen atoms in total. The Labute approximate surface area is 189 Å². The lowest BCUT2D eigenvalue weighted by atomic mass is 10.2. The summed E-state index contributed by atoms with van der Waals surface area (Å²) in [5.41, 5.74) is 4.24. The number of nitrogens with one attached hydrogen (secondary N) is 1. The molecule has 0 bridgehead atoms. The molecule has 0 saturated heterocycles. The molecule has 3 aromatic carbocycles. The van der Waals surface area contributed by atoms with E-state index in [9.17, 15) is 9.59 Å². The number of nitrogens with zero attached hydrogens (tertiary/aromatic N) is 1. The Morgan fingerprint density at radius 3 is 2.55 bits per heavy atom. The molecule has 0 saturated carbocycles. The van der Waals surface area contributed by atoms with Crippen LogP contribution in [0, 0.1) is 6.92 Å². The zero-order chi connectivity index (χ0) is 22.2. The molecule has 0 heterocycles. The molecule has 0 aromatic heterocycles. The number of amides is 1. The fourth-order valence-electron chi connectivity index (χ4n) is 2.54. The minimum Gasteiger partial charge on any atom is -0.484 e. The van der Waals surface area contributed by atoms with Gasteiger partial charge in [-0.25, -0.2) is 10.2 Å². The lowest BCUT2D eigenvalue weighted by Crippen LogP contribution is -2.24. The number of hydrazone groups is 1. The highest BCUT2D eigenvalue weighted by Gasteiger charge is 2.13. The van der Waals surface area contributed by atoms with Crippen molar-refractivity contribution < 1.29 is 19.1 Å². The molecule has 0 aliphatic carbocycles. The Kier molecular flexibility index (Phi) is 7.65. The molecule has 0 radical (unpaired) electrons. The molecule has 0 fully saturated rings. The van der Waals surface area contributed by atoms with Crippen molar-refractivity contribution in [3.63, 3.8) is 0 Å². The van der Waals surface area contributed by atoms with Gasteiger partial charge in [0.05, 0.1) is 16.8 Å². The topological polar surface area (TPSA) is 77.0 Å². The summed E-state index contributed by atoms with van der Waals surface area (Å²) in [5.74, 6) is -0.112. The van der Waals surface area contributed by atoms with E-state index in [2.05, 4.69) is 10.5 Å². The summed E-state index contributed by atoms with van der Waals surface area (Å²) in [4.78, 5) is 24.2. The number of carbonyl (C=O) groups excluding carboxylic acids is 2. The average Bonchev–Trinajstić information content (AvgIpc) is 2.72. The zero-order valence-electron chi connectivity index (χ0n) is 16.5. The van der Waals surface area contributed by atoms with E-state index in [0.717, 1.165) is 5.56 Å². The highest BCUT2D eigenvalue weighted by Crippen LogP contribution is 2.23. The Morgan fingerprint density at radius 1 is 1.00 bits per heavy atom. The van der Waals surface area contributed by atoms with Gasteiger partial charge in [-0.1, -0.05) is 47.5 Å². The normalized spacial score (nSPS) is 10.7. The minimum absolute atomic E-state index is 0.166. The van der Waals surface area contributed by atoms with Crippen LogP contribution in [0.4, 0.5) is 0 Å². The van der Waals surface area contributed by atoms with Gasteiger partial charge in [0.15, 0.2) is 6.61 Å². The number of ether oxygens (including phenoxy) is 2. The first-order valence-electron chi connectivity index (χ1n) is 9.19. The van der Waals surface area contributed by atoms with Crippen LogP contribution in [0.3, 0.4) is 0 Å². The molecule has 8 heteroatoms. The molecule has 0 unspecified atom stereocenters. The molecular formula is C23H18Cl2N2O4. The average molecular weight is 457 g/mol. The molecule has 1 N–H and O–H groups in total. The van der Waals surface area contributed by atoms with Crippen LogP contribution < -0.4 is 14.9 Å². The Bertz CT molecular complexity index is 1130. The zero-order valence-corrected chi connectivity index (χ0v) is 18.0. The van der Waals surface area contributed by atoms with Crippen molar-refractivity contribution in [3.05, 3.63) is 93.5 Å². The van der Waals surface area contributed by atoms with Gasteiger partial charge in [0.25, 0.3) is 5.91 Å². The molecule has 0 aliphatic rings. The van der Waals surface area contributed by atoms with Crippen molar-refractivity contribution in [1.29, 1.82) is 0 Å².